The fourth-order valence-corrected chi connectivity index (χ4v) is 2.75. The molecule has 1 aliphatic rings. The van der Waals surface area contributed by atoms with Crippen LogP contribution in [-0.4, -0.2) is 49.4 Å². The van der Waals surface area contributed by atoms with Gasteiger partial charge in [0, 0.05) is 18.8 Å². The Labute approximate surface area is 162 Å². The largest absolute Gasteiger partial charge is 0.497 e. The van der Waals surface area contributed by atoms with Crippen molar-refractivity contribution < 1.29 is 23.9 Å². The van der Waals surface area contributed by atoms with E-state index in [2.05, 4.69) is 10.6 Å². The van der Waals surface area contributed by atoms with Crippen molar-refractivity contribution in [1.29, 1.82) is 0 Å². The predicted octanol–water partition coefficient (Wildman–Crippen LogP) is 1.88. The number of likely N-dealkylation sites (N-methyl/N-ethyl adjacent to an activating group) is 1. The topological polar surface area (TPSA) is 97.0 Å². The van der Waals surface area contributed by atoms with Crippen LogP contribution < -0.4 is 20.1 Å². The minimum Gasteiger partial charge on any atom is -0.497 e. The highest BCUT2D eigenvalue weighted by Gasteiger charge is 2.30. The summed E-state index contributed by atoms with van der Waals surface area (Å²) in [5, 5.41) is 5.42. The molecule has 3 rings (SSSR count). The Hall–Kier alpha value is -3.55. The third-order valence-electron chi connectivity index (χ3n) is 4.23. The molecule has 0 radical (unpaired) electrons. The Morgan fingerprint density at radius 1 is 1.21 bits per heavy atom. The van der Waals surface area contributed by atoms with Gasteiger partial charge in [-0.3, -0.25) is 14.4 Å². The van der Waals surface area contributed by atoms with Crippen molar-refractivity contribution in [2.45, 2.75) is 12.5 Å². The van der Waals surface area contributed by atoms with E-state index in [0.717, 1.165) is 0 Å². The minimum absolute atomic E-state index is 0.152. The molecule has 0 saturated carbocycles. The molecule has 3 amide bonds. The maximum absolute atomic E-state index is 12.4. The third kappa shape index (κ3) is 4.59. The number of para-hydroxylation sites is 2. The van der Waals surface area contributed by atoms with E-state index < -0.39 is 6.10 Å². The molecule has 0 aromatic heterocycles. The van der Waals surface area contributed by atoms with E-state index in [1.54, 1.807) is 48.5 Å². The number of hydrogen-bond acceptors (Lipinski definition) is 5. The van der Waals surface area contributed by atoms with E-state index in [-0.39, 0.29) is 30.7 Å². The average molecular weight is 383 g/mol. The molecule has 0 spiro atoms. The summed E-state index contributed by atoms with van der Waals surface area (Å²) in [5.74, 6) is 0.00589. The van der Waals surface area contributed by atoms with Crippen LogP contribution >= 0.6 is 0 Å². The Kier molecular flexibility index (Phi) is 5.78. The van der Waals surface area contributed by atoms with Gasteiger partial charge >= 0.3 is 0 Å². The van der Waals surface area contributed by atoms with E-state index in [0.29, 0.717) is 22.9 Å². The molecule has 1 aliphatic heterocycles. The number of methoxy groups -OCH3 is 1. The lowest BCUT2D eigenvalue weighted by Crippen LogP contribution is -2.43. The number of nitrogens with one attached hydrogen (secondary N) is 2. The lowest BCUT2D eigenvalue weighted by Gasteiger charge is -2.26. The zero-order valence-electron chi connectivity index (χ0n) is 15.6. The number of rotatable bonds is 6. The molecule has 8 nitrogen and oxygen atoms in total. The Morgan fingerprint density at radius 3 is 2.79 bits per heavy atom. The molecule has 0 saturated heterocycles. The van der Waals surface area contributed by atoms with Crippen LogP contribution in [0.4, 0.5) is 11.4 Å². The molecular formula is C20H21N3O5. The average Bonchev–Trinajstić information content (AvgIpc) is 2.68. The van der Waals surface area contributed by atoms with E-state index in [9.17, 15) is 14.4 Å². The smallest absolute Gasteiger partial charge is 0.266 e. The number of benzene rings is 2. The number of carbonyl (C=O) groups is 3. The second-order valence-corrected chi connectivity index (χ2v) is 6.33. The first-order valence-electron chi connectivity index (χ1n) is 8.70. The van der Waals surface area contributed by atoms with Gasteiger partial charge in [0.15, 0.2) is 6.10 Å². The molecule has 2 aromatic carbocycles. The summed E-state index contributed by atoms with van der Waals surface area (Å²) in [4.78, 5) is 38.0. The van der Waals surface area contributed by atoms with Gasteiger partial charge in [-0.2, -0.15) is 0 Å². The highest BCUT2D eigenvalue weighted by atomic mass is 16.5. The first kappa shape index (κ1) is 19.2. The van der Waals surface area contributed by atoms with E-state index >= 15 is 0 Å². The van der Waals surface area contributed by atoms with Gasteiger partial charge in [0.1, 0.15) is 11.5 Å². The summed E-state index contributed by atoms with van der Waals surface area (Å²) in [5.41, 5.74) is 1.14. The molecule has 0 bridgehead atoms. The molecule has 0 unspecified atom stereocenters. The highest BCUT2D eigenvalue weighted by molar-refractivity contribution is 6.00. The van der Waals surface area contributed by atoms with Gasteiger partial charge in [-0.25, -0.2) is 0 Å². The number of hydrogen-bond donors (Lipinski definition) is 2. The molecule has 1 atom stereocenters. The van der Waals surface area contributed by atoms with Crippen LogP contribution in [0.25, 0.3) is 0 Å². The molecule has 1 heterocycles. The third-order valence-corrected chi connectivity index (χ3v) is 4.23. The molecule has 2 N–H and O–H groups in total. The molecule has 146 valence electrons. The number of amides is 3. The van der Waals surface area contributed by atoms with Crippen LogP contribution in [0.15, 0.2) is 48.5 Å². The van der Waals surface area contributed by atoms with Gasteiger partial charge in [-0.1, -0.05) is 18.2 Å². The maximum Gasteiger partial charge on any atom is 0.266 e. The quantitative estimate of drug-likeness (QED) is 0.794. The van der Waals surface area contributed by atoms with E-state index in [4.69, 9.17) is 9.47 Å². The number of carbonyl (C=O) groups excluding carboxylic acids is 3. The van der Waals surface area contributed by atoms with Gasteiger partial charge in [0.25, 0.3) is 5.91 Å². The minimum atomic E-state index is -0.939. The number of nitrogens with zero attached hydrogens (tertiary/aromatic N) is 1. The van der Waals surface area contributed by atoms with Gasteiger partial charge < -0.3 is 25.0 Å². The molecule has 2 aromatic rings. The second-order valence-electron chi connectivity index (χ2n) is 6.33. The molecule has 8 heteroatoms. The monoisotopic (exact) mass is 383 g/mol. The van der Waals surface area contributed by atoms with Gasteiger partial charge in [-0.05, 0) is 24.3 Å². The van der Waals surface area contributed by atoms with Crippen LogP contribution in [0.1, 0.15) is 6.42 Å². The zero-order chi connectivity index (χ0) is 20.1. The molecule has 0 aliphatic carbocycles. The van der Waals surface area contributed by atoms with Crippen LogP contribution in [0.3, 0.4) is 0 Å². The first-order chi connectivity index (χ1) is 13.5. The summed E-state index contributed by atoms with van der Waals surface area (Å²) in [7, 11) is 3.04. The van der Waals surface area contributed by atoms with Gasteiger partial charge in [0.2, 0.25) is 11.8 Å². The second kappa shape index (κ2) is 8.43. The first-order valence-corrected chi connectivity index (χ1v) is 8.70. The maximum atomic E-state index is 12.4. The Morgan fingerprint density at radius 2 is 2.00 bits per heavy atom. The van der Waals surface area contributed by atoms with Gasteiger partial charge in [0.05, 0.1) is 25.8 Å². The summed E-state index contributed by atoms with van der Waals surface area (Å²) < 4.78 is 10.7. The van der Waals surface area contributed by atoms with Crippen molar-refractivity contribution in [3.8, 4) is 11.5 Å². The summed E-state index contributed by atoms with van der Waals surface area (Å²) >= 11 is 0. The standard InChI is InChI=1S/C20H21N3O5/c1-23(12-18(24)21-13-6-5-7-14(10-13)27-2)19(25)11-17-20(26)22-15-8-3-4-9-16(15)28-17/h3-10,17H,11-12H2,1-2H3,(H,21,24)(H,22,26)/t17-/m1/s1. The normalized spacial score (nSPS) is 14.9. The van der Waals surface area contributed by atoms with E-state index in [1.807, 2.05) is 0 Å². The predicted molar refractivity (Wildman–Crippen MR) is 103 cm³/mol. The zero-order valence-corrected chi connectivity index (χ0v) is 15.6. The van der Waals surface area contributed by atoms with Crippen molar-refractivity contribution in [3.63, 3.8) is 0 Å². The van der Waals surface area contributed by atoms with Crippen molar-refractivity contribution in [2.24, 2.45) is 0 Å². The van der Waals surface area contributed by atoms with Crippen molar-refractivity contribution in [1.82, 2.24) is 4.90 Å². The van der Waals surface area contributed by atoms with Gasteiger partial charge in [-0.15, -0.1) is 0 Å². The SMILES string of the molecule is COc1cccc(NC(=O)CN(C)C(=O)C[C@H]2Oc3ccccc3NC2=O)c1. The molecule has 28 heavy (non-hydrogen) atoms. The lowest BCUT2D eigenvalue weighted by molar-refractivity contribution is -0.137. The van der Waals surface area contributed by atoms with Crippen molar-refractivity contribution in [2.75, 3.05) is 31.3 Å². The summed E-state index contributed by atoms with van der Waals surface area (Å²) in [6, 6.07) is 13.9. The van der Waals surface area contributed by atoms with Crippen molar-refractivity contribution >= 4 is 29.1 Å². The lowest BCUT2D eigenvalue weighted by atomic mass is 10.1. The van der Waals surface area contributed by atoms with Crippen molar-refractivity contribution in [3.05, 3.63) is 48.5 Å². The van der Waals surface area contributed by atoms with Crippen LogP contribution in [0, 0.1) is 0 Å². The number of anilines is 2. The van der Waals surface area contributed by atoms with E-state index in [1.165, 1.54) is 19.1 Å². The number of ether oxygens (including phenoxy) is 2. The van der Waals surface area contributed by atoms with Crippen LogP contribution in [-0.2, 0) is 14.4 Å². The Bertz CT molecular complexity index is 899. The molecular weight excluding hydrogens is 362 g/mol. The fourth-order valence-electron chi connectivity index (χ4n) is 2.75. The fraction of sp³-hybridized carbons (Fsp3) is 0.250. The Balaban J connectivity index is 1.54. The number of fused-ring (bicyclic) bond motifs is 1. The summed E-state index contributed by atoms with van der Waals surface area (Å²) in [6.07, 6.45) is -1.10. The van der Waals surface area contributed by atoms with Crippen LogP contribution in [0.2, 0.25) is 0 Å². The highest BCUT2D eigenvalue weighted by Crippen LogP contribution is 2.29. The molecule has 0 fully saturated rings. The van der Waals surface area contributed by atoms with Crippen LogP contribution in [0.5, 0.6) is 11.5 Å². The summed E-state index contributed by atoms with van der Waals surface area (Å²) in [6.45, 7) is -0.152.